The number of hydrogen-bond acceptors (Lipinski definition) is 2. The van der Waals surface area contributed by atoms with Gasteiger partial charge in [0.05, 0.1) is 0 Å². The fourth-order valence-electron chi connectivity index (χ4n) is 1.10. The predicted octanol–water partition coefficient (Wildman–Crippen LogP) is 2.39. The molecule has 0 aliphatic rings. The molecule has 0 aliphatic carbocycles. The fourth-order valence-corrected chi connectivity index (χ4v) is 1.28. The largest absolute Gasteiger partial charge is 0.316 e. The number of rotatable bonds is 4. The number of aldehydes is 1. The molecule has 0 atom stereocenters. The Morgan fingerprint density at radius 1 is 1.43 bits per heavy atom. The van der Waals surface area contributed by atoms with Gasteiger partial charge in [0.2, 0.25) is 0 Å². The van der Waals surface area contributed by atoms with E-state index < -0.39 is 0 Å². The minimum atomic E-state index is 0.581. The molecule has 0 heterocycles. The average Bonchev–Trinajstić information content (AvgIpc) is 2.20. The van der Waals surface area contributed by atoms with Gasteiger partial charge >= 0.3 is 0 Å². The SMILES string of the molecule is CNCC=Cc1ccc(Cl)cc1C=O. The van der Waals surface area contributed by atoms with E-state index in [0.29, 0.717) is 10.6 Å². The van der Waals surface area contributed by atoms with Crippen LogP contribution in [0.1, 0.15) is 15.9 Å². The van der Waals surface area contributed by atoms with E-state index in [1.807, 2.05) is 25.3 Å². The topological polar surface area (TPSA) is 29.1 Å². The van der Waals surface area contributed by atoms with Crippen molar-refractivity contribution in [3.05, 3.63) is 40.4 Å². The second-order valence-corrected chi connectivity index (χ2v) is 3.29. The first kappa shape index (κ1) is 11.0. The molecule has 0 amide bonds. The second kappa shape index (κ2) is 5.58. The van der Waals surface area contributed by atoms with Crippen molar-refractivity contribution in [2.24, 2.45) is 0 Å². The molecule has 0 spiro atoms. The molecule has 74 valence electrons. The van der Waals surface area contributed by atoms with Crippen LogP contribution in [0.2, 0.25) is 5.02 Å². The van der Waals surface area contributed by atoms with Crippen LogP contribution in [-0.4, -0.2) is 19.9 Å². The first-order chi connectivity index (χ1) is 6.77. The summed E-state index contributed by atoms with van der Waals surface area (Å²) in [4.78, 5) is 10.7. The Kier molecular flexibility index (Phi) is 4.36. The summed E-state index contributed by atoms with van der Waals surface area (Å²) < 4.78 is 0. The van der Waals surface area contributed by atoms with Gasteiger partial charge in [-0.05, 0) is 24.7 Å². The first-order valence-electron chi connectivity index (χ1n) is 4.34. The summed E-state index contributed by atoms with van der Waals surface area (Å²) in [5.41, 5.74) is 1.50. The van der Waals surface area contributed by atoms with E-state index in [9.17, 15) is 4.79 Å². The van der Waals surface area contributed by atoms with Gasteiger partial charge in [-0.3, -0.25) is 4.79 Å². The molecule has 1 N–H and O–H groups in total. The van der Waals surface area contributed by atoms with Crippen LogP contribution >= 0.6 is 11.6 Å². The minimum absolute atomic E-state index is 0.581. The van der Waals surface area contributed by atoms with E-state index in [4.69, 9.17) is 11.6 Å². The molecule has 0 saturated heterocycles. The van der Waals surface area contributed by atoms with Crippen LogP contribution in [-0.2, 0) is 0 Å². The van der Waals surface area contributed by atoms with Gasteiger partial charge in [-0.1, -0.05) is 29.8 Å². The summed E-state index contributed by atoms with van der Waals surface area (Å²) >= 11 is 5.76. The molecule has 3 heteroatoms. The van der Waals surface area contributed by atoms with Crippen molar-refractivity contribution in [2.75, 3.05) is 13.6 Å². The third-order valence-electron chi connectivity index (χ3n) is 1.80. The lowest BCUT2D eigenvalue weighted by atomic mass is 10.1. The van der Waals surface area contributed by atoms with Gasteiger partial charge in [-0.15, -0.1) is 0 Å². The molecule has 0 unspecified atom stereocenters. The number of likely N-dealkylation sites (N-methyl/N-ethyl adjacent to an activating group) is 1. The highest BCUT2D eigenvalue weighted by Gasteiger charge is 1.98. The Hall–Kier alpha value is -1.12. The molecule has 1 aromatic carbocycles. The van der Waals surface area contributed by atoms with Crippen LogP contribution in [0, 0.1) is 0 Å². The van der Waals surface area contributed by atoms with Crippen LogP contribution in [0.25, 0.3) is 6.08 Å². The van der Waals surface area contributed by atoms with Gasteiger partial charge in [-0.25, -0.2) is 0 Å². The number of benzene rings is 1. The van der Waals surface area contributed by atoms with Crippen molar-refractivity contribution in [3.8, 4) is 0 Å². The number of nitrogens with one attached hydrogen (secondary N) is 1. The van der Waals surface area contributed by atoms with E-state index in [1.165, 1.54) is 0 Å². The van der Waals surface area contributed by atoms with Crippen LogP contribution in [0.4, 0.5) is 0 Å². The van der Waals surface area contributed by atoms with Gasteiger partial charge in [0.25, 0.3) is 0 Å². The van der Waals surface area contributed by atoms with E-state index in [2.05, 4.69) is 5.32 Å². The molecular formula is C11H12ClNO. The molecule has 0 aliphatic heterocycles. The number of carbonyl (C=O) groups excluding carboxylic acids is 1. The fraction of sp³-hybridized carbons (Fsp3) is 0.182. The lowest BCUT2D eigenvalue weighted by molar-refractivity contribution is 0.112. The van der Waals surface area contributed by atoms with Crippen LogP contribution < -0.4 is 5.32 Å². The molecule has 0 radical (unpaired) electrons. The maximum Gasteiger partial charge on any atom is 0.150 e. The Morgan fingerprint density at radius 3 is 2.86 bits per heavy atom. The summed E-state index contributed by atoms with van der Waals surface area (Å²) in [7, 11) is 1.87. The monoisotopic (exact) mass is 209 g/mol. The Labute approximate surface area is 88.6 Å². The number of halogens is 1. The van der Waals surface area contributed by atoms with E-state index in [0.717, 1.165) is 18.4 Å². The normalized spacial score (nSPS) is 10.7. The lowest BCUT2D eigenvalue weighted by Gasteiger charge is -1.99. The summed E-state index contributed by atoms with van der Waals surface area (Å²) in [6.45, 7) is 0.779. The zero-order valence-electron chi connectivity index (χ0n) is 7.96. The van der Waals surface area contributed by atoms with Crippen LogP contribution in [0.15, 0.2) is 24.3 Å². The molecule has 1 aromatic rings. The third kappa shape index (κ3) is 2.98. The zero-order valence-corrected chi connectivity index (χ0v) is 8.71. The summed E-state index contributed by atoms with van der Waals surface area (Å²) in [5.74, 6) is 0. The molecule has 1 rings (SSSR count). The van der Waals surface area contributed by atoms with Crippen molar-refractivity contribution < 1.29 is 4.79 Å². The zero-order chi connectivity index (χ0) is 10.4. The van der Waals surface area contributed by atoms with E-state index >= 15 is 0 Å². The highest BCUT2D eigenvalue weighted by Crippen LogP contribution is 2.15. The lowest BCUT2D eigenvalue weighted by Crippen LogP contribution is -2.03. The van der Waals surface area contributed by atoms with Gasteiger partial charge < -0.3 is 5.32 Å². The van der Waals surface area contributed by atoms with Crippen molar-refractivity contribution in [1.82, 2.24) is 5.32 Å². The Morgan fingerprint density at radius 2 is 2.21 bits per heavy atom. The molecule has 0 bridgehead atoms. The van der Waals surface area contributed by atoms with Gasteiger partial charge in [-0.2, -0.15) is 0 Å². The van der Waals surface area contributed by atoms with Crippen LogP contribution in [0.3, 0.4) is 0 Å². The van der Waals surface area contributed by atoms with Gasteiger partial charge in [0.1, 0.15) is 0 Å². The molecular weight excluding hydrogens is 198 g/mol. The third-order valence-corrected chi connectivity index (χ3v) is 2.03. The minimum Gasteiger partial charge on any atom is -0.316 e. The summed E-state index contributed by atoms with van der Waals surface area (Å²) in [6, 6.07) is 5.26. The van der Waals surface area contributed by atoms with Crippen molar-refractivity contribution in [3.63, 3.8) is 0 Å². The molecule has 2 nitrogen and oxygen atoms in total. The Bertz CT molecular complexity index is 347. The average molecular weight is 210 g/mol. The highest BCUT2D eigenvalue weighted by molar-refractivity contribution is 6.30. The molecule has 0 saturated carbocycles. The van der Waals surface area contributed by atoms with Crippen molar-refractivity contribution in [2.45, 2.75) is 0 Å². The maximum absolute atomic E-state index is 10.7. The molecule has 0 fully saturated rings. The van der Waals surface area contributed by atoms with Crippen LogP contribution in [0.5, 0.6) is 0 Å². The second-order valence-electron chi connectivity index (χ2n) is 2.85. The predicted molar refractivity (Wildman–Crippen MR) is 59.8 cm³/mol. The molecule has 0 aromatic heterocycles. The maximum atomic E-state index is 10.7. The van der Waals surface area contributed by atoms with Crippen molar-refractivity contribution >= 4 is 24.0 Å². The van der Waals surface area contributed by atoms with E-state index in [1.54, 1.807) is 12.1 Å². The quantitative estimate of drug-likeness (QED) is 0.772. The summed E-state index contributed by atoms with van der Waals surface area (Å²) in [5, 5.41) is 3.57. The number of carbonyl (C=O) groups is 1. The highest BCUT2D eigenvalue weighted by atomic mass is 35.5. The standard InChI is InChI=1S/C11H12ClNO/c1-13-6-2-3-9-4-5-11(12)7-10(9)8-14/h2-5,7-8,13H,6H2,1H3. The number of hydrogen-bond donors (Lipinski definition) is 1. The summed E-state index contributed by atoms with van der Waals surface area (Å²) in [6.07, 6.45) is 4.66. The van der Waals surface area contributed by atoms with E-state index in [-0.39, 0.29) is 0 Å². The smallest absolute Gasteiger partial charge is 0.150 e. The van der Waals surface area contributed by atoms with Crippen molar-refractivity contribution in [1.29, 1.82) is 0 Å². The van der Waals surface area contributed by atoms with Gasteiger partial charge in [0.15, 0.2) is 6.29 Å². The first-order valence-corrected chi connectivity index (χ1v) is 4.71. The Balaban J connectivity index is 2.90. The van der Waals surface area contributed by atoms with Gasteiger partial charge in [0, 0.05) is 17.1 Å². The molecule has 14 heavy (non-hydrogen) atoms.